The Labute approximate surface area is 162 Å². The van der Waals surface area contributed by atoms with Crippen LogP contribution in [0.1, 0.15) is 16.1 Å². The summed E-state index contributed by atoms with van der Waals surface area (Å²) in [5.74, 6) is 0.833. The highest BCUT2D eigenvalue weighted by Crippen LogP contribution is 2.24. The number of carbonyl (C=O) groups is 1. The van der Waals surface area contributed by atoms with E-state index in [0.717, 1.165) is 11.4 Å². The standard InChI is InChI=1S/C20H20ClN3O3/c1-14-12-19(24(23-14)15-6-4-3-5-7-15)22-20(25)17-9-8-16(13-18(17)21)27-11-10-26-2/h3-9,12-13H,10-11H2,1-2H3,(H,22,25). The fraction of sp³-hybridized carbons (Fsp3) is 0.200. The first kappa shape index (κ1) is 18.9. The third kappa shape index (κ3) is 4.67. The number of hydrogen-bond acceptors (Lipinski definition) is 4. The van der Waals surface area contributed by atoms with Crippen LogP contribution in [-0.4, -0.2) is 36.0 Å². The summed E-state index contributed by atoms with van der Waals surface area (Å²) < 4.78 is 12.1. The van der Waals surface area contributed by atoms with E-state index < -0.39 is 0 Å². The number of ether oxygens (including phenoxy) is 2. The number of para-hydroxylation sites is 1. The molecule has 0 unspecified atom stereocenters. The lowest BCUT2D eigenvalue weighted by Gasteiger charge is -2.11. The van der Waals surface area contributed by atoms with Crippen molar-refractivity contribution in [1.82, 2.24) is 9.78 Å². The highest BCUT2D eigenvalue weighted by atomic mass is 35.5. The van der Waals surface area contributed by atoms with Crippen LogP contribution in [0.4, 0.5) is 5.82 Å². The molecule has 140 valence electrons. The highest BCUT2D eigenvalue weighted by Gasteiger charge is 2.15. The zero-order valence-electron chi connectivity index (χ0n) is 15.1. The average molecular weight is 386 g/mol. The average Bonchev–Trinajstić information content (AvgIpc) is 3.03. The number of halogens is 1. The first-order valence-electron chi connectivity index (χ1n) is 8.43. The second-order valence-corrected chi connectivity index (χ2v) is 6.26. The Balaban J connectivity index is 1.78. The lowest BCUT2D eigenvalue weighted by atomic mass is 10.2. The van der Waals surface area contributed by atoms with Gasteiger partial charge in [-0.3, -0.25) is 4.79 Å². The van der Waals surface area contributed by atoms with E-state index in [4.69, 9.17) is 21.1 Å². The molecule has 3 rings (SSSR count). The molecule has 0 radical (unpaired) electrons. The van der Waals surface area contributed by atoms with E-state index in [-0.39, 0.29) is 5.91 Å². The molecule has 27 heavy (non-hydrogen) atoms. The second kappa shape index (κ2) is 8.70. The molecule has 1 N–H and O–H groups in total. The molecule has 2 aromatic carbocycles. The lowest BCUT2D eigenvalue weighted by Crippen LogP contribution is -2.15. The van der Waals surface area contributed by atoms with Gasteiger partial charge in [0, 0.05) is 13.2 Å². The zero-order chi connectivity index (χ0) is 19.2. The van der Waals surface area contributed by atoms with Crippen LogP contribution in [0.15, 0.2) is 54.6 Å². The van der Waals surface area contributed by atoms with Crippen molar-refractivity contribution >= 4 is 23.3 Å². The molecule has 7 heteroatoms. The van der Waals surface area contributed by atoms with E-state index in [0.29, 0.717) is 35.4 Å². The van der Waals surface area contributed by atoms with Crippen molar-refractivity contribution in [2.75, 3.05) is 25.6 Å². The van der Waals surface area contributed by atoms with Crippen molar-refractivity contribution in [2.45, 2.75) is 6.92 Å². The number of hydrogen-bond donors (Lipinski definition) is 1. The molecule has 0 spiro atoms. The van der Waals surface area contributed by atoms with Crippen LogP contribution in [0.5, 0.6) is 5.75 Å². The summed E-state index contributed by atoms with van der Waals surface area (Å²) in [6.45, 7) is 2.75. The van der Waals surface area contributed by atoms with Crippen molar-refractivity contribution in [3.05, 3.63) is 70.9 Å². The Morgan fingerprint density at radius 1 is 1.15 bits per heavy atom. The number of aryl methyl sites for hydroxylation is 1. The van der Waals surface area contributed by atoms with Gasteiger partial charge in [-0.15, -0.1) is 0 Å². The summed E-state index contributed by atoms with van der Waals surface area (Å²) in [5.41, 5.74) is 2.00. The number of rotatable bonds is 7. The maximum absolute atomic E-state index is 12.7. The second-order valence-electron chi connectivity index (χ2n) is 5.86. The quantitative estimate of drug-likeness (QED) is 0.621. The van der Waals surface area contributed by atoms with Crippen molar-refractivity contribution in [3.63, 3.8) is 0 Å². The smallest absolute Gasteiger partial charge is 0.258 e. The molecule has 1 heterocycles. The molecule has 1 amide bonds. The monoisotopic (exact) mass is 385 g/mol. The molecule has 6 nitrogen and oxygen atoms in total. The number of amides is 1. The minimum Gasteiger partial charge on any atom is -0.491 e. The number of carbonyl (C=O) groups excluding carboxylic acids is 1. The van der Waals surface area contributed by atoms with Crippen molar-refractivity contribution in [3.8, 4) is 11.4 Å². The largest absolute Gasteiger partial charge is 0.491 e. The predicted octanol–water partition coefficient (Wildman–Crippen LogP) is 4.11. The van der Waals surface area contributed by atoms with Gasteiger partial charge < -0.3 is 14.8 Å². The number of methoxy groups -OCH3 is 1. The molecule has 0 bridgehead atoms. The minimum atomic E-state index is -0.319. The molecule has 0 aliphatic carbocycles. The normalized spacial score (nSPS) is 10.6. The summed E-state index contributed by atoms with van der Waals surface area (Å²) in [6.07, 6.45) is 0. The summed E-state index contributed by atoms with van der Waals surface area (Å²) in [5, 5.41) is 7.63. The van der Waals surface area contributed by atoms with Crippen molar-refractivity contribution < 1.29 is 14.3 Å². The molecule has 0 aliphatic rings. The van der Waals surface area contributed by atoms with E-state index in [1.807, 2.05) is 37.3 Å². The van der Waals surface area contributed by atoms with E-state index in [9.17, 15) is 4.79 Å². The molecule has 0 fully saturated rings. The van der Waals surface area contributed by atoms with Gasteiger partial charge >= 0.3 is 0 Å². The molecular formula is C20H20ClN3O3. The van der Waals surface area contributed by atoms with Gasteiger partial charge in [0.1, 0.15) is 18.2 Å². The maximum Gasteiger partial charge on any atom is 0.258 e. The van der Waals surface area contributed by atoms with Crippen LogP contribution in [0.25, 0.3) is 5.69 Å². The van der Waals surface area contributed by atoms with Crippen molar-refractivity contribution in [1.29, 1.82) is 0 Å². The summed E-state index contributed by atoms with van der Waals surface area (Å²) >= 11 is 6.27. The highest BCUT2D eigenvalue weighted by molar-refractivity contribution is 6.34. The van der Waals surface area contributed by atoms with Crippen LogP contribution in [0, 0.1) is 6.92 Å². The fourth-order valence-electron chi connectivity index (χ4n) is 2.55. The lowest BCUT2D eigenvalue weighted by molar-refractivity contribution is 0.102. The van der Waals surface area contributed by atoms with E-state index in [1.165, 1.54) is 0 Å². The minimum absolute atomic E-state index is 0.310. The van der Waals surface area contributed by atoms with Gasteiger partial charge in [0.05, 0.1) is 28.6 Å². The number of aromatic nitrogens is 2. The predicted molar refractivity (Wildman–Crippen MR) is 105 cm³/mol. The number of benzene rings is 2. The van der Waals surface area contributed by atoms with Gasteiger partial charge in [0.2, 0.25) is 0 Å². The van der Waals surface area contributed by atoms with E-state index in [1.54, 1.807) is 36.1 Å². The Morgan fingerprint density at radius 3 is 2.63 bits per heavy atom. The van der Waals surface area contributed by atoms with Gasteiger partial charge in [0.15, 0.2) is 0 Å². The Bertz CT molecular complexity index is 925. The van der Waals surface area contributed by atoms with Crippen molar-refractivity contribution in [2.24, 2.45) is 0 Å². The van der Waals surface area contributed by atoms with Crippen LogP contribution < -0.4 is 10.1 Å². The number of nitrogens with one attached hydrogen (secondary N) is 1. The maximum atomic E-state index is 12.7. The van der Waals surface area contributed by atoms with Gasteiger partial charge in [-0.1, -0.05) is 29.8 Å². The van der Waals surface area contributed by atoms with E-state index in [2.05, 4.69) is 10.4 Å². The SMILES string of the molecule is COCCOc1ccc(C(=O)Nc2cc(C)nn2-c2ccccc2)c(Cl)c1. The van der Waals surface area contributed by atoms with Crippen LogP contribution in [0.3, 0.4) is 0 Å². The van der Waals surface area contributed by atoms with E-state index >= 15 is 0 Å². The van der Waals surface area contributed by atoms with Crippen LogP contribution in [0.2, 0.25) is 5.02 Å². The van der Waals surface area contributed by atoms with Crippen LogP contribution >= 0.6 is 11.6 Å². The van der Waals surface area contributed by atoms with Gasteiger partial charge in [-0.25, -0.2) is 4.68 Å². The molecule has 0 aliphatic heterocycles. The first-order chi connectivity index (χ1) is 13.1. The molecular weight excluding hydrogens is 366 g/mol. The summed E-state index contributed by atoms with van der Waals surface area (Å²) in [4.78, 5) is 12.7. The third-order valence-corrected chi connectivity index (χ3v) is 4.13. The fourth-order valence-corrected chi connectivity index (χ4v) is 2.81. The molecule has 0 atom stereocenters. The molecule has 0 saturated carbocycles. The Hall–Kier alpha value is -2.83. The topological polar surface area (TPSA) is 65.4 Å². The van der Waals surface area contributed by atoms with Gasteiger partial charge in [-0.2, -0.15) is 5.10 Å². The third-order valence-electron chi connectivity index (χ3n) is 3.82. The molecule has 3 aromatic rings. The first-order valence-corrected chi connectivity index (χ1v) is 8.81. The summed E-state index contributed by atoms with van der Waals surface area (Å²) in [6, 6.07) is 16.4. The Morgan fingerprint density at radius 2 is 1.93 bits per heavy atom. The van der Waals surface area contributed by atoms with Gasteiger partial charge in [-0.05, 0) is 37.3 Å². The van der Waals surface area contributed by atoms with Gasteiger partial charge in [0.25, 0.3) is 5.91 Å². The zero-order valence-corrected chi connectivity index (χ0v) is 15.9. The number of nitrogens with zero attached hydrogens (tertiary/aromatic N) is 2. The molecule has 1 aromatic heterocycles. The Kier molecular flexibility index (Phi) is 6.11. The molecule has 0 saturated heterocycles. The number of anilines is 1. The summed E-state index contributed by atoms with van der Waals surface area (Å²) in [7, 11) is 1.60. The van der Waals surface area contributed by atoms with Crippen LogP contribution in [-0.2, 0) is 4.74 Å².